The smallest absolute Gasteiger partial charge is 0.190 e. The fraction of sp³-hybridized carbons (Fsp3) is 0.417. The van der Waals surface area contributed by atoms with Gasteiger partial charge in [-0.05, 0) is 18.1 Å². The monoisotopic (exact) mass is 349 g/mol. The number of benzene rings is 1. The van der Waals surface area contributed by atoms with Gasteiger partial charge in [-0.3, -0.25) is 4.99 Å². The normalized spacial score (nSPS) is 22.6. The largest absolute Gasteiger partial charge is 0.359 e. The van der Waals surface area contributed by atoms with Crippen LogP contribution in [0.2, 0.25) is 0 Å². The van der Waals surface area contributed by atoms with Crippen molar-refractivity contribution in [3.63, 3.8) is 0 Å². The van der Waals surface area contributed by atoms with E-state index in [-0.39, 0.29) is 35.7 Å². The summed E-state index contributed by atoms with van der Waals surface area (Å²) in [5.41, 5.74) is 0.798. The van der Waals surface area contributed by atoms with Crippen LogP contribution in [0.15, 0.2) is 29.3 Å². The van der Waals surface area contributed by atoms with Gasteiger partial charge in [0.2, 0.25) is 0 Å². The van der Waals surface area contributed by atoms with Crippen LogP contribution in [-0.4, -0.2) is 26.1 Å². The second-order valence-corrected chi connectivity index (χ2v) is 3.94. The van der Waals surface area contributed by atoms with Crippen LogP contribution in [0, 0.1) is 5.82 Å². The molecular weight excluding hydrogens is 332 g/mol. The van der Waals surface area contributed by atoms with Crippen molar-refractivity contribution in [1.29, 1.82) is 0 Å². The van der Waals surface area contributed by atoms with Crippen molar-refractivity contribution in [2.45, 2.75) is 18.4 Å². The van der Waals surface area contributed by atoms with Gasteiger partial charge in [-0.15, -0.1) is 24.0 Å². The average molecular weight is 349 g/mol. The maximum atomic E-state index is 13.5. The van der Waals surface area contributed by atoms with E-state index in [0.29, 0.717) is 6.04 Å². The van der Waals surface area contributed by atoms with E-state index in [1.54, 1.807) is 13.1 Å². The Labute approximate surface area is 118 Å². The summed E-state index contributed by atoms with van der Waals surface area (Å²) in [5.74, 6) is 0.909. The standard InChI is InChI=1S/C12H16FN3.HI/c1-14-12(15-2)16-11-7-9(11)8-5-3-4-6-10(8)13;/h3-6,9,11H,7H2,1-2H3,(H2,14,15,16);1H. The van der Waals surface area contributed by atoms with Crippen molar-refractivity contribution in [2.75, 3.05) is 14.1 Å². The molecule has 2 rings (SSSR count). The lowest BCUT2D eigenvalue weighted by Gasteiger charge is -2.08. The molecule has 1 aromatic rings. The first-order valence-corrected chi connectivity index (χ1v) is 5.41. The van der Waals surface area contributed by atoms with Crippen LogP contribution in [0.5, 0.6) is 0 Å². The maximum absolute atomic E-state index is 13.5. The van der Waals surface area contributed by atoms with Crippen LogP contribution in [0.4, 0.5) is 4.39 Å². The number of nitrogens with one attached hydrogen (secondary N) is 2. The van der Waals surface area contributed by atoms with Crippen LogP contribution in [-0.2, 0) is 0 Å². The molecule has 0 aromatic heterocycles. The summed E-state index contributed by atoms with van der Waals surface area (Å²) in [4.78, 5) is 4.04. The number of hydrogen-bond acceptors (Lipinski definition) is 1. The van der Waals surface area contributed by atoms with Crippen LogP contribution in [0.25, 0.3) is 0 Å². The first-order chi connectivity index (χ1) is 7.76. The van der Waals surface area contributed by atoms with Crippen molar-refractivity contribution >= 4 is 29.9 Å². The zero-order valence-electron chi connectivity index (χ0n) is 9.90. The molecule has 1 fully saturated rings. The highest BCUT2D eigenvalue weighted by Crippen LogP contribution is 2.41. The highest BCUT2D eigenvalue weighted by atomic mass is 127. The molecule has 2 unspecified atom stereocenters. The fourth-order valence-electron chi connectivity index (χ4n) is 1.90. The van der Waals surface area contributed by atoms with Gasteiger partial charge in [-0.2, -0.15) is 0 Å². The molecule has 0 spiro atoms. The molecule has 0 bridgehead atoms. The minimum absolute atomic E-state index is 0. The third kappa shape index (κ3) is 3.31. The van der Waals surface area contributed by atoms with Gasteiger partial charge >= 0.3 is 0 Å². The maximum Gasteiger partial charge on any atom is 0.190 e. The Hall–Kier alpha value is -0.850. The molecule has 94 valence electrons. The molecule has 0 heterocycles. The average Bonchev–Trinajstić information content (AvgIpc) is 3.05. The Morgan fingerprint density at radius 1 is 1.41 bits per heavy atom. The van der Waals surface area contributed by atoms with Gasteiger partial charge in [0.25, 0.3) is 0 Å². The summed E-state index contributed by atoms with van der Waals surface area (Å²) in [6, 6.07) is 7.25. The zero-order valence-corrected chi connectivity index (χ0v) is 12.2. The summed E-state index contributed by atoms with van der Waals surface area (Å²) >= 11 is 0. The topological polar surface area (TPSA) is 36.4 Å². The van der Waals surface area contributed by atoms with E-state index < -0.39 is 0 Å². The van der Waals surface area contributed by atoms with Gasteiger partial charge in [-0.1, -0.05) is 18.2 Å². The lowest BCUT2D eigenvalue weighted by Crippen LogP contribution is -2.36. The van der Waals surface area contributed by atoms with E-state index in [1.807, 2.05) is 19.2 Å². The Morgan fingerprint density at radius 3 is 2.71 bits per heavy atom. The molecule has 17 heavy (non-hydrogen) atoms. The van der Waals surface area contributed by atoms with Crippen molar-refractivity contribution in [3.05, 3.63) is 35.6 Å². The quantitative estimate of drug-likeness (QED) is 0.487. The highest BCUT2D eigenvalue weighted by Gasteiger charge is 2.40. The molecular formula is C12H17FIN3. The molecule has 1 saturated carbocycles. The number of halogens is 2. The van der Waals surface area contributed by atoms with E-state index in [0.717, 1.165) is 17.9 Å². The number of aliphatic imine (C=N–C) groups is 1. The van der Waals surface area contributed by atoms with E-state index in [4.69, 9.17) is 0 Å². The number of hydrogen-bond donors (Lipinski definition) is 2. The van der Waals surface area contributed by atoms with Gasteiger partial charge in [0.15, 0.2) is 5.96 Å². The number of nitrogens with zero attached hydrogens (tertiary/aromatic N) is 1. The number of rotatable bonds is 2. The van der Waals surface area contributed by atoms with Gasteiger partial charge in [-0.25, -0.2) is 4.39 Å². The van der Waals surface area contributed by atoms with Crippen LogP contribution in [0.1, 0.15) is 17.9 Å². The molecule has 1 aliphatic rings. The van der Waals surface area contributed by atoms with Crippen LogP contribution in [0.3, 0.4) is 0 Å². The van der Waals surface area contributed by atoms with Gasteiger partial charge in [0.05, 0.1) is 0 Å². The van der Waals surface area contributed by atoms with Crippen LogP contribution < -0.4 is 10.6 Å². The Morgan fingerprint density at radius 2 is 2.12 bits per heavy atom. The first-order valence-electron chi connectivity index (χ1n) is 5.41. The summed E-state index contributed by atoms with van der Waals surface area (Å²) in [6.07, 6.45) is 0.960. The molecule has 0 aliphatic heterocycles. The Balaban J connectivity index is 0.00000144. The predicted octanol–water partition coefficient (Wildman–Crippen LogP) is 2.09. The second-order valence-electron chi connectivity index (χ2n) is 3.94. The SMILES string of the molecule is CN=C(NC)NC1CC1c1ccccc1F.I. The van der Waals surface area contributed by atoms with E-state index in [2.05, 4.69) is 15.6 Å². The van der Waals surface area contributed by atoms with Crippen molar-refractivity contribution in [3.8, 4) is 0 Å². The molecule has 1 aliphatic carbocycles. The van der Waals surface area contributed by atoms with E-state index >= 15 is 0 Å². The molecule has 0 saturated heterocycles. The summed E-state index contributed by atoms with van der Waals surface area (Å²) in [6.45, 7) is 0. The third-order valence-corrected chi connectivity index (χ3v) is 2.88. The zero-order chi connectivity index (χ0) is 11.5. The molecule has 0 radical (unpaired) electrons. The summed E-state index contributed by atoms with van der Waals surface area (Å²) in [7, 11) is 3.54. The van der Waals surface area contributed by atoms with E-state index in [9.17, 15) is 4.39 Å². The Kier molecular flexibility index (Phi) is 5.17. The second kappa shape index (κ2) is 6.18. The lowest BCUT2D eigenvalue weighted by molar-refractivity contribution is 0.608. The highest BCUT2D eigenvalue weighted by molar-refractivity contribution is 14.0. The molecule has 5 heteroatoms. The predicted molar refractivity (Wildman–Crippen MR) is 78.5 cm³/mol. The van der Waals surface area contributed by atoms with Gasteiger partial charge in [0.1, 0.15) is 5.82 Å². The molecule has 2 atom stereocenters. The van der Waals surface area contributed by atoms with Crippen molar-refractivity contribution in [1.82, 2.24) is 10.6 Å². The Bertz CT molecular complexity index is 408. The van der Waals surface area contributed by atoms with Gasteiger partial charge < -0.3 is 10.6 Å². The van der Waals surface area contributed by atoms with Crippen molar-refractivity contribution < 1.29 is 4.39 Å². The van der Waals surface area contributed by atoms with Gasteiger partial charge in [0, 0.05) is 26.1 Å². The minimum Gasteiger partial charge on any atom is -0.359 e. The van der Waals surface area contributed by atoms with E-state index in [1.165, 1.54) is 6.07 Å². The molecule has 1 aromatic carbocycles. The number of guanidine groups is 1. The summed E-state index contributed by atoms with van der Waals surface area (Å²) in [5, 5.41) is 6.19. The molecule has 0 amide bonds. The first kappa shape index (κ1) is 14.2. The molecule has 2 N–H and O–H groups in total. The fourth-order valence-corrected chi connectivity index (χ4v) is 1.90. The lowest BCUT2D eigenvalue weighted by atomic mass is 10.1. The van der Waals surface area contributed by atoms with Crippen LogP contribution >= 0.6 is 24.0 Å². The summed E-state index contributed by atoms with van der Waals surface area (Å²) < 4.78 is 13.5. The molecule has 3 nitrogen and oxygen atoms in total. The third-order valence-electron chi connectivity index (χ3n) is 2.88. The van der Waals surface area contributed by atoms with Crippen molar-refractivity contribution in [2.24, 2.45) is 4.99 Å². The minimum atomic E-state index is -0.115.